The van der Waals surface area contributed by atoms with Crippen LogP contribution < -0.4 is 4.72 Å². The molecule has 0 amide bonds. The van der Waals surface area contributed by atoms with Crippen LogP contribution in [0.4, 0.5) is 0 Å². The second-order valence-corrected chi connectivity index (χ2v) is 7.43. The summed E-state index contributed by atoms with van der Waals surface area (Å²) in [4.78, 5) is 0. The Labute approximate surface area is 142 Å². The summed E-state index contributed by atoms with van der Waals surface area (Å²) in [6.45, 7) is 2.03. The fraction of sp³-hybridized carbons (Fsp3) is 0.412. The molecule has 1 fully saturated rings. The van der Waals surface area contributed by atoms with Crippen molar-refractivity contribution in [2.75, 3.05) is 32.8 Å². The van der Waals surface area contributed by atoms with Gasteiger partial charge in [-0.15, -0.1) is 0 Å². The topological polar surface area (TPSA) is 71.8 Å². The summed E-state index contributed by atoms with van der Waals surface area (Å²) in [7, 11) is -3.46. The summed E-state index contributed by atoms with van der Waals surface area (Å²) in [5, 5.41) is 0. The van der Waals surface area contributed by atoms with Gasteiger partial charge in [-0.3, -0.25) is 0 Å². The first kappa shape index (κ1) is 17.2. The van der Waals surface area contributed by atoms with Crippen LogP contribution in [0.5, 0.6) is 0 Å². The molecule has 0 unspecified atom stereocenters. The van der Waals surface area contributed by atoms with Crippen LogP contribution in [0.1, 0.15) is 23.7 Å². The van der Waals surface area contributed by atoms with E-state index in [-0.39, 0.29) is 5.92 Å². The molecule has 2 heterocycles. The van der Waals surface area contributed by atoms with Crippen molar-refractivity contribution in [3.8, 4) is 0 Å². The second-order valence-electron chi connectivity index (χ2n) is 5.68. The van der Waals surface area contributed by atoms with E-state index in [1.807, 2.05) is 42.5 Å². The molecule has 130 valence electrons. The largest absolute Gasteiger partial charge is 0.469 e. The van der Waals surface area contributed by atoms with Crippen LogP contribution in [-0.4, -0.2) is 45.6 Å². The van der Waals surface area contributed by atoms with E-state index in [4.69, 9.17) is 9.15 Å². The lowest BCUT2D eigenvalue weighted by Gasteiger charge is -2.26. The minimum Gasteiger partial charge on any atom is -0.469 e. The van der Waals surface area contributed by atoms with E-state index in [9.17, 15) is 8.42 Å². The predicted molar refractivity (Wildman–Crippen MR) is 90.9 cm³/mol. The van der Waals surface area contributed by atoms with Crippen molar-refractivity contribution in [3.63, 3.8) is 0 Å². The summed E-state index contributed by atoms with van der Waals surface area (Å²) < 4.78 is 39.5. The predicted octanol–water partition coefficient (Wildman–Crippen LogP) is 1.97. The van der Waals surface area contributed by atoms with Crippen molar-refractivity contribution in [1.29, 1.82) is 0 Å². The maximum atomic E-state index is 12.3. The van der Waals surface area contributed by atoms with Crippen molar-refractivity contribution in [3.05, 3.63) is 60.1 Å². The zero-order chi connectivity index (χ0) is 16.8. The number of ether oxygens (including phenoxy) is 1. The molecule has 7 heteroatoms. The Morgan fingerprint density at radius 2 is 1.83 bits per heavy atom. The summed E-state index contributed by atoms with van der Waals surface area (Å²) in [6, 6.07) is 13.8. The number of nitrogens with zero attached hydrogens (tertiary/aromatic N) is 1. The highest BCUT2D eigenvalue weighted by atomic mass is 32.2. The van der Waals surface area contributed by atoms with E-state index in [1.165, 1.54) is 4.31 Å². The van der Waals surface area contributed by atoms with E-state index in [0.29, 0.717) is 39.3 Å². The summed E-state index contributed by atoms with van der Waals surface area (Å²) >= 11 is 0. The molecule has 0 bridgehead atoms. The van der Waals surface area contributed by atoms with E-state index in [2.05, 4.69) is 4.72 Å². The Hall–Kier alpha value is -1.67. The molecule has 0 saturated carbocycles. The third-order valence-corrected chi connectivity index (χ3v) is 5.73. The standard InChI is InChI=1S/C17H22N2O4S/c20-24(21,19-10-13-22-14-11-19)18-9-8-16(17-7-4-12-23-17)15-5-2-1-3-6-15/h1-7,12,16,18H,8-11,13-14H2/t16-/m1/s1. The molecule has 1 atom stereocenters. The van der Waals surface area contributed by atoms with Crippen LogP contribution >= 0.6 is 0 Å². The average Bonchev–Trinajstić information content (AvgIpc) is 3.14. The molecule has 1 aromatic heterocycles. The van der Waals surface area contributed by atoms with Gasteiger partial charge in [0.15, 0.2) is 0 Å². The highest BCUT2D eigenvalue weighted by Gasteiger charge is 2.24. The number of hydrogen-bond donors (Lipinski definition) is 1. The van der Waals surface area contributed by atoms with E-state index < -0.39 is 10.2 Å². The Morgan fingerprint density at radius 1 is 1.08 bits per heavy atom. The van der Waals surface area contributed by atoms with Crippen molar-refractivity contribution in [2.24, 2.45) is 0 Å². The molecule has 1 aliphatic heterocycles. The number of rotatable bonds is 7. The summed E-state index contributed by atoms with van der Waals surface area (Å²) in [5.41, 5.74) is 1.11. The normalized spacial score (nSPS) is 17.7. The Kier molecular flexibility index (Phi) is 5.68. The monoisotopic (exact) mass is 350 g/mol. The number of hydrogen-bond acceptors (Lipinski definition) is 4. The minimum absolute atomic E-state index is 0.0218. The Morgan fingerprint density at radius 3 is 2.50 bits per heavy atom. The van der Waals surface area contributed by atoms with Crippen LogP contribution in [0.3, 0.4) is 0 Å². The van der Waals surface area contributed by atoms with Crippen molar-refractivity contribution < 1.29 is 17.6 Å². The molecule has 1 saturated heterocycles. The van der Waals surface area contributed by atoms with E-state index >= 15 is 0 Å². The molecular weight excluding hydrogens is 328 g/mol. The lowest BCUT2D eigenvalue weighted by Crippen LogP contribution is -2.46. The first-order valence-electron chi connectivity index (χ1n) is 8.07. The Bertz CT molecular complexity index is 710. The number of nitrogens with one attached hydrogen (secondary N) is 1. The quantitative estimate of drug-likeness (QED) is 0.829. The van der Waals surface area contributed by atoms with E-state index in [0.717, 1.165) is 11.3 Å². The molecule has 2 aromatic rings. The fourth-order valence-corrected chi connectivity index (χ4v) is 4.05. The molecule has 1 aliphatic rings. The molecule has 0 spiro atoms. The van der Waals surface area contributed by atoms with Gasteiger partial charge >= 0.3 is 0 Å². The minimum atomic E-state index is -3.46. The third-order valence-electron chi connectivity index (χ3n) is 4.12. The molecular formula is C17H22N2O4S. The van der Waals surface area contributed by atoms with Crippen molar-refractivity contribution in [2.45, 2.75) is 12.3 Å². The van der Waals surface area contributed by atoms with Gasteiger partial charge in [0, 0.05) is 25.6 Å². The first-order chi connectivity index (χ1) is 11.7. The number of furan rings is 1. The average molecular weight is 350 g/mol. The molecule has 6 nitrogen and oxygen atoms in total. The van der Waals surface area contributed by atoms with Crippen LogP contribution in [0.2, 0.25) is 0 Å². The molecule has 24 heavy (non-hydrogen) atoms. The maximum Gasteiger partial charge on any atom is 0.279 e. The van der Waals surface area contributed by atoms with Crippen LogP contribution in [-0.2, 0) is 14.9 Å². The molecule has 0 radical (unpaired) electrons. The number of morpholine rings is 1. The van der Waals surface area contributed by atoms with Crippen LogP contribution in [0.15, 0.2) is 53.1 Å². The molecule has 0 aliphatic carbocycles. The fourth-order valence-electron chi connectivity index (χ4n) is 2.86. The van der Waals surface area contributed by atoms with Gasteiger partial charge in [0.2, 0.25) is 0 Å². The van der Waals surface area contributed by atoms with Gasteiger partial charge in [0.25, 0.3) is 10.2 Å². The zero-order valence-electron chi connectivity index (χ0n) is 13.4. The van der Waals surface area contributed by atoms with Gasteiger partial charge < -0.3 is 9.15 Å². The van der Waals surface area contributed by atoms with Gasteiger partial charge in [-0.25, -0.2) is 4.72 Å². The molecule has 1 N–H and O–H groups in total. The Balaban J connectivity index is 1.64. The van der Waals surface area contributed by atoms with Gasteiger partial charge in [-0.1, -0.05) is 30.3 Å². The highest BCUT2D eigenvalue weighted by molar-refractivity contribution is 7.87. The van der Waals surface area contributed by atoms with Gasteiger partial charge in [-0.2, -0.15) is 12.7 Å². The van der Waals surface area contributed by atoms with Gasteiger partial charge in [-0.05, 0) is 24.1 Å². The van der Waals surface area contributed by atoms with Crippen LogP contribution in [0, 0.1) is 0 Å². The molecule has 3 rings (SSSR count). The number of benzene rings is 1. The maximum absolute atomic E-state index is 12.3. The second kappa shape index (κ2) is 7.94. The van der Waals surface area contributed by atoms with Crippen molar-refractivity contribution in [1.82, 2.24) is 9.03 Å². The molecule has 1 aromatic carbocycles. The lowest BCUT2D eigenvalue weighted by atomic mass is 9.93. The smallest absolute Gasteiger partial charge is 0.279 e. The van der Waals surface area contributed by atoms with E-state index in [1.54, 1.807) is 6.26 Å². The SMILES string of the molecule is O=S(=O)(NCC[C@H](c1ccccc1)c1ccco1)N1CCOCC1. The van der Waals surface area contributed by atoms with Crippen LogP contribution in [0.25, 0.3) is 0 Å². The highest BCUT2D eigenvalue weighted by Crippen LogP contribution is 2.27. The lowest BCUT2D eigenvalue weighted by molar-refractivity contribution is 0.0725. The summed E-state index contributed by atoms with van der Waals surface area (Å²) in [5.74, 6) is 0.861. The first-order valence-corrected chi connectivity index (χ1v) is 9.51. The summed E-state index contributed by atoms with van der Waals surface area (Å²) in [6.07, 6.45) is 2.27. The van der Waals surface area contributed by atoms with Crippen molar-refractivity contribution >= 4 is 10.2 Å². The zero-order valence-corrected chi connectivity index (χ0v) is 14.2. The van der Waals surface area contributed by atoms with Gasteiger partial charge in [0.05, 0.1) is 19.5 Å². The van der Waals surface area contributed by atoms with Gasteiger partial charge in [0.1, 0.15) is 5.76 Å². The third kappa shape index (κ3) is 4.24.